The maximum atomic E-state index is 14.0. The van der Waals surface area contributed by atoms with E-state index < -0.39 is 11.9 Å². The maximum Gasteiger partial charge on any atom is 0.337 e. The van der Waals surface area contributed by atoms with Crippen LogP contribution in [0, 0.1) is 5.82 Å². The molecule has 7 nitrogen and oxygen atoms in total. The number of aromatic carboxylic acids is 1. The molecule has 2 aromatic carbocycles. The van der Waals surface area contributed by atoms with E-state index in [1.807, 2.05) is 17.5 Å². The van der Waals surface area contributed by atoms with Crippen LogP contribution in [0.15, 0.2) is 78.3 Å². The fraction of sp³-hybridized carbons (Fsp3) is 0.115. The minimum Gasteiger partial charge on any atom is -0.493 e. The normalized spacial score (nSPS) is 10.5. The summed E-state index contributed by atoms with van der Waals surface area (Å²) >= 11 is 1.63. The van der Waals surface area contributed by atoms with Crippen molar-refractivity contribution < 1.29 is 28.6 Å². The van der Waals surface area contributed by atoms with Crippen molar-refractivity contribution in [1.82, 2.24) is 4.98 Å². The number of ether oxygens (including phenoxy) is 2. The summed E-state index contributed by atoms with van der Waals surface area (Å²) in [5.41, 5.74) is 0.629. The number of pyridine rings is 1. The van der Waals surface area contributed by atoms with E-state index in [1.54, 1.807) is 41.7 Å². The number of carboxylic acid groups (broad SMARTS) is 1. The molecule has 35 heavy (non-hydrogen) atoms. The van der Waals surface area contributed by atoms with E-state index in [1.165, 1.54) is 29.1 Å². The van der Waals surface area contributed by atoms with Crippen LogP contribution in [-0.4, -0.2) is 28.6 Å². The summed E-state index contributed by atoms with van der Waals surface area (Å²) in [7, 11) is 0. The lowest BCUT2D eigenvalue weighted by atomic mass is 10.1. The van der Waals surface area contributed by atoms with Crippen LogP contribution in [0.1, 0.15) is 31.2 Å². The van der Waals surface area contributed by atoms with Gasteiger partial charge in [0.15, 0.2) is 0 Å². The Labute approximate surface area is 204 Å². The van der Waals surface area contributed by atoms with Gasteiger partial charge in [-0.25, -0.2) is 14.2 Å². The number of carboxylic acids is 1. The molecule has 0 radical (unpaired) electrons. The lowest BCUT2D eigenvalue weighted by molar-refractivity contribution is 0.0696. The van der Waals surface area contributed by atoms with Crippen molar-refractivity contribution in [3.63, 3.8) is 0 Å². The Balaban J connectivity index is 1.51. The number of benzene rings is 2. The maximum absolute atomic E-state index is 14.0. The molecule has 0 spiro atoms. The predicted octanol–water partition coefficient (Wildman–Crippen LogP) is 5.43. The Morgan fingerprint density at radius 3 is 2.46 bits per heavy atom. The van der Waals surface area contributed by atoms with Gasteiger partial charge in [-0.15, -0.1) is 11.3 Å². The molecule has 0 aliphatic rings. The Morgan fingerprint density at radius 1 is 0.971 bits per heavy atom. The first-order valence-corrected chi connectivity index (χ1v) is 11.5. The Kier molecular flexibility index (Phi) is 7.69. The number of rotatable bonds is 10. The molecule has 0 aliphatic heterocycles. The van der Waals surface area contributed by atoms with Crippen molar-refractivity contribution >= 4 is 29.0 Å². The average Bonchev–Trinajstić information content (AvgIpc) is 3.37. The Hall–Kier alpha value is -4.24. The SMILES string of the molecule is O=C(O)c1ccc(NC(=O)c2cc(OCCc3cccs3)cc(OCc3ccccc3F)c2)nc1. The van der Waals surface area contributed by atoms with Crippen molar-refractivity contribution in [3.8, 4) is 11.5 Å². The summed E-state index contributed by atoms with van der Waals surface area (Å²) in [5, 5.41) is 13.6. The molecular weight excluding hydrogens is 471 g/mol. The van der Waals surface area contributed by atoms with Gasteiger partial charge in [0.05, 0.1) is 12.2 Å². The average molecular weight is 493 g/mol. The molecule has 0 unspecified atom stereocenters. The molecule has 2 aromatic heterocycles. The first-order valence-electron chi connectivity index (χ1n) is 10.6. The third-order valence-corrected chi connectivity index (χ3v) is 5.88. The van der Waals surface area contributed by atoms with Crippen molar-refractivity contribution in [2.45, 2.75) is 13.0 Å². The number of nitrogens with zero attached hydrogens (tertiary/aromatic N) is 1. The third kappa shape index (κ3) is 6.64. The van der Waals surface area contributed by atoms with Crippen LogP contribution in [0.5, 0.6) is 11.5 Å². The van der Waals surface area contributed by atoms with Gasteiger partial charge >= 0.3 is 5.97 Å². The molecule has 2 heterocycles. The van der Waals surface area contributed by atoms with Gasteiger partial charge in [-0.05, 0) is 41.8 Å². The molecule has 0 aliphatic carbocycles. The zero-order chi connectivity index (χ0) is 24.6. The van der Waals surface area contributed by atoms with Gasteiger partial charge in [0.1, 0.15) is 29.7 Å². The number of amides is 1. The summed E-state index contributed by atoms with van der Waals surface area (Å²) in [5.74, 6) is -1.03. The predicted molar refractivity (Wildman–Crippen MR) is 130 cm³/mol. The molecule has 0 saturated heterocycles. The molecule has 0 bridgehead atoms. The van der Waals surface area contributed by atoms with Gasteiger partial charge in [-0.2, -0.15) is 0 Å². The van der Waals surface area contributed by atoms with Gasteiger partial charge in [-0.1, -0.05) is 24.3 Å². The van der Waals surface area contributed by atoms with Crippen LogP contribution >= 0.6 is 11.3 Å². The fourth-order valence-corrected chi connectivity index (χ4v) is 3.84. The Morgan fingerprint density at radius 2 is 1.77 bits per heavy atom. The minimum absolute atomic E-state index is 0.00738. The van der Waals surface area contributed by atoms with E-state index in [0.29, 0.717) is 30.1 Å². The van der Waals surface area contributed by atoms with Gasteiger partial charge in [0.2, 0.25) is 0 Å². The molecule has 0 saturated carbocycles. The molecule has 2 N–H and O–H groups in total. The third-order valence-electron chi connectivity index (χ3n) is 4.94. The van der Waals surface area contributed by atoms with Crippen molar-refractivity contribution in [3.05, 3.63) is 106 Å². The number of nitrogens with one attached hydrogen (secondary N) is 1. The van der Waals surface area contributed by atoms with Gasteiger partial charge < -0.3 is 19.9 Å². The molecular formula is C26H21FN2O5S. The summed E-state index contributed by atoms with van der Waals surface area (Å²) in [6.45, 7) is 0.376. The summed E-state index contributed by atoms with van der Waals surface area (Å²) < 4.78 is 25.6. The topological polar surface area (TPSA) is 97.8 Å². The van der Waals surface area contributed by atoms with Gasteiger partial charge in [0, 0.05) is 34.7 Å². The van der Waals surface area contributed by atoms with Gasteiger partial charge in [-0.3, -0.25) is 4.79 Å². The summed E-state index contributed by atoms with van der Waals surface area (Å²) in [6.07, 6.45) is 1.87. The van der Waals surface area contributed by atoms with Crippen LogP contribution < -0.4 is 14.8 Å². The summed E-state index contributed by atoms with van der Waals surface area (Å²) in [6, 6.07) is 17.8. The highest BCUT2D eigenvalue weighted by Crippen LogP contribution is 2.25. The minimum atomic E-state index is -1.11. The second kappa shape index (κ2) is 11.3. The fourth-order valence-electron chi connectivity index (χ4n) is 3.15. The van der Waals surface area contributed by atoms with Crippen LogP contribution in [0.3, 0.4) is 0 Å². The first kappa shape index (κ1) is 23.9. The number of thiophene rings is 1. The van der Waals surface area contributed by atoms with Crippen LogP contribution in [0.25, 0.3) is 0 Å². The van der Waals surface area contributed by atoms with E-state index in [9.17, 15) is 14.0 Å². The summed E-state index contributed by atoms with van der Waals surface area (Å²) in [4.78, 5) is 29.0. The van der Waals surface area contributed by atoms with Crippen molar-refractivity contribution in [2.24, 2.45) is 0 Å². The number of carbonyl (C=O) groups excluding carboxylic acids is 1. The molecule has 178 valence electrons. The van der Waals surface area contributed by atoms with E-state index >= 15 is 0 Å². The lowest BCUT2D eigenvalue weighted by Gasteiger charge is -2.13. The molecule has 0 fully saturated rings. The molecule has 4 aromatic rings. The van der Waals surface area contributed by atoms with E-state index in [4.69, 9.17) is 14.6 Å². The molecule has 1 amide bonds. The Bertz CT molecular complexity index is 1310. The van der Waals surface area contributed by atoms with E-state index in [2.05, 4.69) is 10.3 Å². The largest absolute Gasteiger partial charge is 0.493 e. The zero-order valence-electron chi connectivity index (χ0n) is 18.4. The molecule has 9 heteroatoms. The number of anilines is 1. The standard InChI is InChI=1S/C26H21FN2O5S/c27-23-6-2-1-4-18(23)16-34-21-13-19(12-20(14-21)33-10-9-22-5-3-11-35-22)25(30)29-24-8-7-17(15-28-24)26(31)32/h1-8,11-15H,9-10,16H2,(H,31,32)(H,28,29,30). The zero-order valence-corrected chi connectivity index (χ0v) is 19.3. The van der Waals surface area contributed by atoms with Crippen molar-refractivity contribution in [1.29, 1.82) is 0 Å². The van der Waals surface area contributed by atoms with Gasteiger partial charge in [0.25, 0.3) is 5.91 Å². The number of hydrogen-bond donors (Lipinski definition) is 2. The number of carbonyl (C=O) groups is 2. The highest BCUT2D eigenvalue weighted by molar-refractivity contribution is 7.09. The van der Waals surface area contributed by atoms with Crippen LogP contribution in [-0.2, 0) is 13.0 Å². The second-order valence-corrected chi connectivity index (χ2v) is 8.47. The van der Waals surface area contributed by atoms with E-state index in [-0.39, 0.29) is 29.4 Å². The quantitative estimate of drug-likeness (QED) is 0.306. The molecule has 4 rings (SSSR count). The monoisotopic (exact) mass is 492 g/mol. The second-order valence-electron chi connectivity index (χ2n) is 7.44. The highest BCUT2D eigenvalue weighted by Gasteiger charge is 2.13. The first-order chi connectivity index (χ1) is 17.0. The van der Waals surface area contributed by atoms with Crippen LogP contribution in [0.2, 0.25) is 0 Å². The van der Waals surface area contributed by atoms with Crippen LogP contribution in [0.4, 0.5) is 10.2 Å². The number of hydrogen-bond acceptors (Lipinski definition) is 6. The van der Waals surface area contributed by atoms with Crippen molar-refractivity contribution in [2.75, 3.05) is 11.9 Å². The highest BCUT2D eigenvalue weighted by atomic mass is 32.1. The number of aromatic nitrogens is 1. The molecule has 0 atom stereocenters. The lowest BCUT2D eigenvalue weighted by Crippen LogP contribution is -2.14. The number of halogens is 1. The van der Waals surface area contributed by atoms with E-state index in [0.717, 1.165) is 6.20 Å². The smallest absolute Gasteiger partial charge is 0.337 e.